The van der Waals surface area contributed by atoms with E-state index in [0.29, 0.717) is 6.54 Å². The van der Waals surface area contributed by atoms with Crippen molar-refractivity contribution in [2.24, 2.45) is 0 Å². The molecule has 1 aromatic rings. The van der Waals surface area contributed by atoms with Crippen LogP contribution in [0.1, 0.15) is 18.6 Å². The van der Waals surface area contributed by atoms with Gasteiger partial charge in [0, 0.05) is 12.1 Å². The summed E-state index contributed by atoms with van der Waals surface area (Å²) in [6, 6.07) is 8.15. The SMILES string of the molecule is CCN(CC#N)CC(O)c1ccccc1F. The van der Waals surface area contributed by atoms with E-state index in [9.17, 15) is 9.50 Å². The summed E-state index contributed by atoms with van der Waals surface area (Å²) in [6.45, 7) is 3.05. The molecule has 86 valence electrons. The molecule has 1 atom stereocenters. The third-order valence-electron chi connectivity index (χ3n) is 2.44. The average Bonchev–Trinajstić information content (AvgIpc) is 2.28. The van der Waals surface area contributed by atoms with Crippen molar-refractivity contribution in [3.8, 4) is 6.07 Å². The second kappa shape index (κ2) is 6.21. The van der Waals surface area contributed by atoms with Gasteiger partial charge < -0.3 is 5.11 Å². The van der Waals surface area contributed by atoms with E-state index >= 15 is 0 Å². The topological polar surface area (TPSA) is 47.3 Å². The monoisotopic (exact) mass is 222 g/mol. The van der Waals surface area contributed by atoms with E-state index in [1.165, 1.54) is 6.07 Å². The highest BCUT2D eigenvalue weighted by molar-refractivity contribution is 5.20. The Morgan fingerprint density at radius 3 is 2.75 bits per heavy atom. The molecule has 0 aliphatic carbocycles. The number of nitrogens with zero attached hydrogens (tertiary/aromatic N) is 2. The number of hydrogen-bond acceptors (Lipinski definition) is 3. The zero-order valence-corrected chi connectivity index (χ0v) is 9.23. The summed E-state index contributed by atoms with van der Waals surface area (Å²) >= 11 is 0. The zero-order valence-electron chi connectivity index (χ0n) is 9.23. The minimum atomic E-state index is -0.894. The summed E-state index contributed by atoms with van der Waals surface area (Å²) in [4.78, 5) is 1.76. The van der Waals surface area contributed by atoms with Gasteiger partial charge in [-0.2, -0.15) is 5.26 Å². The number of nitriles is 1. The molecule has 0 spiro atoms. The van der Waals surface area contributed by atoms with Gasteiger partial charge in [0.15, 0.2) is 0 Å². The van der Waals surface area contributed by atoms with Crippen molar-refractivity contribution in [3.05, 3.63) is 35.6 Å². The van der Waals surface area contributed by atoms with Gasteiger partial charge in [0.1, 0.15) is 5.82 Å². The Bertz CT molecular complexity index is 376. The van der Waals surface area contributed by atoms with Crippen LogP contribution in [-0.2, 0) is 0 Å². The average molecular weight is 222 g/mol. The van der Waals surface area contributed by atoms with Gasteiger partial charge >= 0.3 is 0 Å². The number of hydrogen-bond donors (Lipinski definition) is 1. The third-order valence-corrected chi connectivity index (χ3v) is 2.44. The van der Waals surface area contributed by atoms with Crippen LogP contribution in [-0.4, -0.2) is 29.6 Å². The second-order valence-electron chi connectivity index (χ2n) is 3.52. The van der Waals surface area contributed by atoms with Crippen LogP contribution in [0, 0.1) is 17.1 Å². The maximum Gasteiger partial charge on any atom is 0.129 e. The fourth-order valence-corrected chi connectivity index (χ4v) is 1.49. The summed E-state index contributed by atoms with van der Waals surface area (Å²) in [5, 5.41) is 18.4. The van der Waals surface area contributed by atoms with Gasteiger partial charge in [-0.1, -0.05) is 25.1 Å². The van der Waals surface area contributed by atoms with Gasteiger partial charge in [0.25, 0.3) is 0 Å². The molecule has 1 N–H and O–H groups in total. The highest BCUT2D eigenvalue weighted by atomic mass is 19.1. The normalized spacial score (nSPS) is 12.4. The zero-order chi connectivity index (χ0) is 12.0. The van der Waals surface area contributed by atoms with Crippen molar-refractivity contribution in [3.63, 3.8) is 0 Å². The summed E-state index contributed by atoms with van der Waals surface area (Å²) < 4.78 is 13.3. The van der Waals surface area contributed by atoms with Crippen LogP contribution in [0.5, 0.6) is 0 Å². The molecule has 1 unspecified atom stereocenters. The molecule has 0 saturated carbocycles. The van der Waals surface area contributed by atoms with Crippen LogP contribution in [0.3, 0.4) is 0 Å². The first-order valence-electron chi connectivity index (χ1n) is 5.20. The van der Waals surface area contributed by atoms with E-state index in [0.717, 1.165) is 0 Å². The van der Waals surface area contributed by atoms with Crippen molar-refractivity contribution in [1.29, 1.82) is 5.26 Å². The van der Waals surface area contributed by atoms with Crippen LogP contribution in [0.15, 0.2) is 24.3 Å². The molecular weight excluding hydrogens is 207 g/mol. The van der Waals surface area contributed by atoms with Crippen molar-refractivity contribution >= 4 is 0 Å². The Kier molecular flexibility index (Phi) is 4.90. The van der Waals surface area contributed by atoms with Crippen LogP contribution >= 0.6 is 0 Å². The molecule has 1 aromatic carbocycles. The van der Waals surface area contributed by atoms with Crippen LogP contribution < -0.4 is 0 Å². The minimum Gasteiger partial charge on any atom is -0.387 e. The van der Waals surface area contributed by atoms with Gasteiger partial charge in [-0.15, -0.1) is 0 Å². The number of likely N-dealkylation sites (N-methyl/N-ethyl adjacent to an activating group) is 1. The molecule has 0 aliphatic heterocycles. The first-order chi connectivity index (χ1) is 7.69. The smallest absolute Gasteiger partial charge is 0.129 e. The fraction of sp³-hybridized carbons (Fsp3) is 0.417. The van der Waals surface area contributed by atoms with E-state index < -0.39 is 11.9 Å². The van der Waals surface area contributed by atoms with Gasteiger partial charge in [-0.3, -0.25) is 4.90 Å². The lowest BCUT2D eigenvalue weighted by Crippen LogP contribution is -2.29. The first-order valence-corrected chi connectivity index (χ1v) is 5.20. The fourth-order valence-electron chi connectivity index (χ4n) is 1.49. The standard InChI is InChI=1S/C12H15FN2O/c1-2-15(8-7-14)9-12(16)10-5-3-4-6-11(10)13/h3-6,12,16H,2,8-9H2,1H3. The number of halogens is 1. The highest BCUT2D eigenvalue weighted by Gasteiger charge is 2.15. The lowest BCUT2D eigenvalue weighted by Gasteiger charge is -2.21. The van der Waals surface area contributed by atoms with Gasteiger partial charge in [-0.05, 0) is 12.6 Å². The van der Waals surface area contributed by atoms with E-state index in [-0.39, 0.29) is 18.7 Å². The molecule has 0 amide bonds. The van der Waals surface area contributed by atoms with Crippen molar-refractivity contribution in [2.45, 2.75) is 13.0 Å². The van der Waals surface area contributed by atoms with E-state index in [1.54, 1.807) is 23.1 Å². The number of aliphatic hydroxyl groups is 1. The molecule has 3 nitrogen and oxygen atoms in total. The maximum absolute atomic E-state index is 13.3. The Labute approximate surface area is 94.7 Å². The predicted molar refractivity (Wildman–Crippen MR) is 59.1 cm³/mol. The van der Waals surface area contributed by atoms with Crippen LogP contribution in [0.2, 0.25) is 0 Å². The number of benzene rings is 1. The van der Waals surface area contributed by atoms with Gasteiger partial charge in [-0.25, -0.2) is 4.39 Å². The molecule has 0 bridgehead atoms. The number of aliphatic hydroxyl groups excluding tert-OH is 1. The molecule has 16 heavy (non-hydrogen) atoms. The summed E-state index contributed by atoms with van der Waals surface area (Å²) in [7, 11) is 0. The molecule has 0 aliphatic rings. The van der Waals surface area contributed by atoms with Crippen molar-refractivity contribution in [2.75, 3.05) is 19.6 Å². The van der Waals surface area contributed by atoms with E-state index in [4.69, 9.17) is 5.26 Å². The highest BCUT2D eigenvalue weighted by Crippen LogP contribution is 2.17. The third kappa shape index (κ3) is 3.30. The second-order valence-corrected chi connectivity index (χ2v) is 3.52. The Morgan fingerprint density at radius 2 is 2.19 bits per heavy atom. The summed E-state index contributed by atoms with van der Waals surface area (Å²) in [6.07, 6.45) is -0.894. The van der Waals surface area contributed by atoms with Crippen molar-refractivity contribution < 1.29 is 9.50 Å². The Morgan fingerprint density at radius 1 is 1.50 bits per heavy atom. The summed E-state index contributed by atoms with van der Waals surface area (Å²) in [5.74, 6) is -0.414. The molecule has 0 fully saturated rings. The minimum absolute atomic E-state index is 0.238. The number of rotatable bonds is 5. The lowest BCUT2D eigenvalue weighted by atomic mass is 10.1. The quantitative estimate of drug-likeness (QED) is 0.771. The van der Waals surface area contributed by atoms with Crippen LogP contribution in [0.25, 0.3) is 0 Å². The maximum atomic E-state index is 13.3. The van der Waals surface area contributed by atoms with Gasteiger partial charge in [0.05, 0.1) is 18.7 Å². The van der Waals surface area contributed by atoms with Crippen molar-refractivity contribution in [1.82, 2.24) is 4.90 Å². The molecule has 1 rings (SSSR count). The van der Waals surface area contributed by atoms with Crippen LogP contribution in [0.4, 0.5) is 4.39 Å². The largest absolute Gasteiger partial charge is 0.387 e. The van der Waals surface area contributed by atoms with E-state index in [2.05, 4.69) is 0 Å². The van der Waals surface area contributed by atoms with Gasteiger partial charge in [0.2, 0.25) is 0 Å². The Hall–Kier alpha value is -1.44. The molecule has 0 heterocycles. The van der Waals surface area contributed by atoms with E-state index in [1.807, 2.05) is 13.0 Å². The lowest BCUT2D eigenvalue weighted by molar-refractivity contribution is 0.120. The molecule has 0 radical (unpaired) electrons. The molecular formula is C12H15FN2O. The predicted octanol–water partition coefficient (Wildman–Crippen LogP) is 1.70. The first kappa shape index (κ1) is 12.6. The molecule has 0 saturated heterocycles. The Balaban J connectivity index is 2.68. The molecule has 0 aromatic heterocycles. The summed E-state index contributed by atoms with van der Waals surface area (Å²) in [5.41, 5.74) is 0.277. The molecule has 4 heteroatoms.